The number of fused-ring (bicyclic) bond motifs is 1. The predicted molar refractivity (Wildman–Crippen MR) is 72.7 cm³/mol. The molecule has 4 nitrogen and oxygen atoms in total. The number of halogens is 1. The summed E-state index contributed by atoms with van der Waals surface area (Å²) >= 11 is 3.44. The number of benzene rings is 1. The van der Waals surface area contributed by atoms with Crippen LogP contribution in [0.15, 0.2) is 47.3 Å². The van der Waals surface area contributed by atoms with Crippen LogP contribution in [0.2, 0.25) is 0 Å². The number of hydrogen-bond acceptors (Lipinski definition) is 3. The lowest BCUT2D eigenvalue weighted by Gasteiger charge is -2.06. The quantitative estimate of drug-likeness (QED) is 0.727. The average molecular weight is 304 g/mol. The summed E-state index contributed by atoms with van der Waals surface area (Å²) < 4.78 is 8.62. The Hall–Kier alpha value is -1.88. The molecular weight excluding hydrogens is 294 g/mol. The van der Waals surface area contributed by atoms with Gasteiger partial charge >= 0.3 is 0 Å². The van der Waals surface area contributed by atoms with Gasteiger partial charge in [0.05, 0.1) is 16.3 Å². The maximum absolute atomic E-state index is 5.80. The molecule has 0 saturated heterocycles. The second-order valence-electron chi connectivity index (χ2n) is 3.87. The van der Waals surface area contributed by atoms with Crippen LogP contribution >= 0.6 is 15.9 Å². The smallest absolute Gasteiger partial charge is 0.247 e. The highest BCUT2D eigenvalue weighted by molar-refractivity contribution is 9.10. The maximum atomic E-state index is 5.80. The number of nitrogens with zero attached hydrogens (tertiary/aromatic N) is 3. The van der Waals surface area contributed by atoms with Crippen LogP contribution in [0.5, 0.6) is 11.6 Å². The summed E-state index contributed by atoms with van der Waals surface area (Å²) in [6, 6.07) is 9.57. The molecule has 0 spiro atoms. The Morgan fingerprint density at radius 2 is 2.00 bits per heavy atom. The molecule has 1 aromatic carbocycles. The standard InChI is InChI=1S/C13H10BrN3O/c1-17-8-16-12-10(17)6-7-15-13(12)18-11-5-3-2-4-9(11)14/h2-8H,1H3. The number of aryl methyl sites for hydroxylation is 1. The minimum Gasteiger partial charge on any atom is -0.436 e. The second-order valence-corrected chi connectivity index (χ2v) is 4.73. The molecule has 0 aliphatic rings. The van der Waals surface area contributed by atoms with Crippen LogP contribution in [0.1, 0.15) is 0 Å². The van der Waals surface area contributed by atoms with Gasteiger partial charge in [0.1, 0.15) is 5.75 Å². The number of aromatic nitrogens is 3. The van der Waals surface area contributed by atoms with Gasteiger partial charge in [0.25, 0.3) is 0 Å². The molecule has 0 bridgehead atoms. The molecule has 3 rings (SSSR count). The molecule has 0 aliphatic heterocycles. The van der Waals surface area contributed by atoms with Crippen LogP contribution in [0, 0.1) is 0 Å². The molecule has 2 heterocycles. The van der Waals surface area contributed by atoms with Crippen LogP contribution < -0.4 is 4.74 Å². The van der Waals surface area contributed by atoms with Gasteiger partial charge < -0.3 is 9.30 Å². The first-order valence-electron chi connectivity index (χ1n) is 5.44. The fourth-order valence-electron chi connectivity index (χ4n) is 1.74. The minimum atomic E-state index is 0.514. The van der Waals surface area contributed by atoms with Gasteiger partial charge in [-0.25, -0.2) is 9.97 Å². The van der Waals surface area contributed by atoms with Gasteiger partial charge in [-0.1, -0.05) is 12.1 Å². The molecule has 90 valence electrons. The summed E-state index contributed by atoms with van der Waals surface area (Å²) in [4.78, 5) is 8.54. The highest BCUT2D eigenvalue weighted by Crippen LogP contribution is 2.31. The molecule has 0 N–H and O–H groups in total. The Labute approximate surface area is 112 Å². The van der Waals surface area contributed by atoms with E-state index >= 15 is 0 Å². The number of rotatable bonds is 2. The lowest BCUT2D eigenvalue weighted by molar-refractivity contribution is 0.465. The van der Waals surface area contributed by atoms with Crippen molar-refractivity contribution < 1.29 is 4.74 Å². The number of para-hydroxylation sites is 1. The van der Waals surface area contributed by atoms with Crippen LogP contribution in [0.4, 0.5) is 0 Å². The van der Waals surface area contributed by atoms with Crippen molar-refractivity contribution >= 4 is 27.0 Å². The average Bonchev–Trinajstić information content (AvgIpc) is 2.76. The summed E-state index contributed by atoms with van der Waals surface area (Å²) in [5.74, 6) is 1.24. The molecule has 0 unspecified atom stereocenters. The molecule has 0 saturated carbocycles. The largest absolute Gasteiger partial charge is 0.436 e. The van der Waals surface area contributed by atoms with Crippen molar-refractivity contribution in [1.82, 2.24) is 14.5 Å². The summed E-state index contributed by atoms with van der Waals surface area (Å²) in [6.07, 6.45) is 3.47. The third-order valence-corrected chi connectivity index (χ3v) is 3.31. The van der Waals surface area contributed by atoms with E-state index in [9.17, 15) is 0 Å². The number of pyridine rings is 1. The van der Waals surface area contributed by atoms with Crippen LogP contribution in [0.25, 0.3) is 11.0 Å². The molecule has 3 aromatic rings. The molecular formula is C13H10BrN3O. The van der Waals surface area contributed by atoms with Crippen molar-refractivity contribution in [3.63, 3.8) is 0 Å². The van der Waals surface area contributed by atoms with Crippen molar-refractivity contribution in [2.75, 3.05) is 0 Å². The maximum Gasteiger partial charge on any atom is 0.247 e. The van der Waals surface area contributed by atoms with Crippen molar-refractivity contribution in [2.45, 2.75) is 0 Å². The summed E-state index contributed by atoms with van der Waals surface area (Å²) in [5, 5.41) is 0. The topological polar surface area (TPSA) is 39.9 Å². The van der Waals surface area contributed by atoms with Crippen LogP contribution in [-0.2, 0) is 7.05 Å². The van der Waals surface area contributed by atoms with Gasteiger partial charge in [-0.3, -0.25) is 0 Å². The predicted octanol–water partition coefficient (Wildman–Crippen LogP) is 3.52. The molecule has 0 atom stereocenters. The van der Waals surface area contributed by atoms with E-state index in [2.05, 4.69) is 25.9 Å². The number of imidazole rings is 1. The Morgan fingerprint density at radius 3 is 2.83 bits per heavy atom. The third kappa shape index (κ3) is 1.86. The lowest BCUT2D eigenvalue weighted by Crippen LogP contribution is -1.91. The lowest BCUT2D eigenvalue weighted by atomic mass is 10.3. The van der Waals surface area contributed by atoms with Crippen molar-refractivity contribution in [2.24, 2.45) is 7.05 Å². The van der Waals surface area contributed by atoms with E-state index in [-0.39, 0.29) is 0 Å². The molecule has 18 heavy (non-hydrogen) atoms. The summed E-state index contributed by atoms with van der Waals surface area (Å²) in [6.45, 7) is 0. The van der Waals surface area contributed by atoms with E-state index in [0.29, 0.717) is 5.88 Å². The zero-order valence-electron chi connectivity index (χ0n) is 9.67. The van der Waals surface area contributed by atoms with E-state index in [1.807, 2.05) is 41.9 Å². The Balaban J connectivity index is 2.08. The van der Waals surface area contributed by atoms with E-state index in [4.69, 9.17) is 4.74 Å². The SMILES string of the molecule is Cn1cnc2c(Oc3ccccc3Br)nccc21. The van der Waals surface area contributed by atoms with Crippen LogP contribution in [0.3, 0.4) is 0 Å². The second kappa shape index (κ2) is 4.42. The first kappa shape index (κ1) is 11.2. The highest BCUT2D eigenvalue weighted by atomic mass is 79.9. The summed E-state index contributed by atoms with van der Waals surface area (Å²) in [7, 11) is 1.94. The van der Waals surface area contributed by atoms with E-state index < -0.39 is 0 Å². The van der Waals surface area contributed by atoms with Gasteiger partial charge in [-0.15, -0.1) is 0 Å². The van der Waals surface area contributed by atoms with E-state index in [1.54, 1.807) is 12.5 Å². The zero-order valence-corrected chi connectivity index (χ0v) is 11.3. The molecule has 2 aromatic heterocycles. The molecule has 0 aliphatic carbocycles. The molecule has 0 fully saturated rings. The number of ether oxygens (including phenoxy) is 1. The van der Waals surface area contributed by atoms with Gasteiger partial charge in [0.15, 0.2) is 5.52 Å². The van der Waals surface area contributed by atoms with E-state index in [1.165, 1.54) is 0 Å². The highest BCUT2D eigenvalue weighted by Gasteiger charge is 2.10. The number of hydrogen-bond donors (Lipinski definition) is 0. The van der Waals surface area contributed by atoms with Gasteiger partial charge in [0, 0.05) is 13.2 Å². The summed E-state index contributed by atoms with van der Waals surface area (Å²) in [5.41, 5.74) is 1.75. The Bertz CT molecular complexity index is 708. The van der Waals surface area contributed by atoms with E-state index in [0.717, 1.165) is 21.3 Å². The first-order valence-corrected chi connectivity index (χ1v) is 6.23. The van der Waals surface area contributed by atoms with Crippen molar-refractivity contribution in [3.05, 3.63) is 47.3 Å². The normalized spacial score (nSPS) is 10.8. The Kier molecular flexibility index (Phi) is 2.76. The molecule has 0 radical (unpaired) electrons. The monoisotopic (exact) mass is 303 g/mol. The zero-order chi connectivity index (χ0) is 12.5. The fraction of sp³-hybridized carbons (Fsp3) is 0.0769. The van der Waals surface area contributed by atoms with Crippen molar-refractivity contribution in [1.29, 1.82) is 0 Å². The first-order chi connectivity index (χ1) is 8.75. The third-order valence-electron chi connectivity index (χ3n) is 2.65. The van der Waals surface area contributed by atoms with Crippen LogP contribution in [-0.4, -0.2) is 14.5 Å². The Morgan fingerprint density at radius 1 is 1.17 bits per heavy atom. The van der Waals surface area contributed by atoms with Gasteiger partial charge in [-0.05, 0) is 34.1 Å². The molecule has 0 amide bonds. The fourth-order valence-corrected chi connectivity index (χ4v) is 2.11. The van der Waals surface area contributed by atoms with Crippen molar-refractivity contribution in [3.8, 4) is 11.6 Å². The van der Waals surface area contributed by atoms with Gasteiger partial charge in [0.2, 0.25) is 5.88 Å². The molecule has 5 heteroatoms. The van der Waals surface area contributed by atoms with Gasteiger partial charge in [-0.2, -0.15) is 0 Å². The minimum absolute atomic E-state index is 0.514.